The van der Waals surface area contributed by atoms with Crippen molar-refractivity contribution in [1.29, 1.82) is 0 Å². The normalized spacial score (nSPS) is 12.7. The van der Waals surface area contributed by atoms with E-state index in [0.29, 0.717) is 58.8 Å². The summed E-state index contributed by atoms with van der Waals surface area (Å²) >= 11 is 14.0. The number of nitrogens with zero attached hydrogens (tertiary/aromatic N) is 3. The monoisotopic (exact) mass is 557 g/mol. The van der Waals surface area contributed by atoms with Crippen molar-refractivity contribution in [1.82, 2.24) is 8.87 Å². The first kappa shape index (κ1) is 27.8. The van der Waals surface area contributed by atoms with Gasteiger partial charge in [0.25, 0.3) is 5.91 Å². The van der Waals surface area contributed by atoms with E-state index in [1.807, 2.05) is 31.4 Å². The van der Waals surface area contributed by atoms with Crippen molar-refractivity contribution in [3.05, 3.63) is 56.8 Å². The third kappa shape index (κ3) is 6.34. The summed E-state index contributed by atoms with van der Waals surface area (Å²) < 4.78 is 35.5. The SMILES string of the molecule is CCCCN(CC)S(=O)(=O)c1ccc(C(=O)N=c2sc3ccc(Cl)c(Cl)c3n2CCOCC)cc1. The van der Waals surface area contributed by atoms with E-state index in [2.05, 4.69) is 4.99 Å². The fraction of sp³-hybridized carbons (Fsp3) is 0.417. The Balaban J connectivity index is 1.96. The number of ether oxygens (including phenoxy) is 1. The molecular weight excluding hydrogens is 529 g/mol. The van der Waals surface area contributed by atoms with E-state index in [1.54, 1.807) is 6.07 Å². The van der Waals surface area contributed by atoms with Gasteiger partial charge in [0, 0.05) is 31.8 Å². The predicted octanol–water partition coefficient (Wildman–Crippen LogP) is 5.60. The van der Waals surface area contributed by atoms with Gasteiger partial charge in [0.2, 0.25) is 10.0 Å². The minimum absolute atomic E-state index is 0.155. The number of fused-ring (bicyclic) bond motifs is 1. The van der Waals surface area contributed by atoms with Crippen LogP contribution in [0.2, 0.25) is 10.0 Å². The first-order valence-corrected chi connectivity index (χ1v) is 14.5. The summed E-state index contributed by atoms with van der Waals surface area (Å²) in [6.07, 6.45) is 1.69. The third-order valence-corrected chi connectivity index (χ3v) is 9.27. The summed E-state index contributed by atoms with van der Waals surface area (Å²) in [6.45, 7) is 8.02. The number of benzene rings is 2. The summed E-state index contributed by atoms with van der Waals surface area (Å²) in [6, 6.07) is 9.45. The first-order chi connectivity index (χ1) is 16.7. The van der Waals surface area contributed by atoms with Gasteiger partial charge in [-0.1, -0.05) is 54.8 Å². The molecule has 1 heterocycles. The molecular formula is C24H29Cl2N3O4S2. The molecule has 3 aromatic rings. The molecule has 7 nitrogen and oxygen atoms in total. The standard InChI is InChI=1S/C24H29Cl2N3O4S2/c1-4-7-14-28(5-2)35(31,32)18-10-8-17(9-11-18)23(30)27-24-29(15-16-33-6-3)22-20(34-24)13-12-19(25)21(22)26/h8-13H,4-7,14-16H2,1-3H3. The third-order valence-electron chi connectivity index (χ3n) is 5.45. The number of thiazole rings is 1. The molecule has 1 aromatic heterocycles. The Bertz CT molecular complexity index is 1350. The molecule has 0 aliphatic rings. The molecule has 3 rings (SSSR count). The van der Waals surface area contributed by atoms with Crippen molar-refractivity contribution in [3.63, 3.8) is 0 Å². The number of sulfonamides is 1. The van der Waals surface area contributed by atoms with Crippen molar-refractivity contribution in [3.8, 4) is 0 Å². The number of carbonyl (C=O) groups is 1. The van der Waals surface area contributed by atoms with Gasteiger partial charge in [0.15, 0.2) is 4.80 Å². The van der Waals surface area contributed by atoms with Crippen LogP contribution in [0, 0.1) is 0 Å². The number of hydrogen-bond donors (Lipinski definition) is 0. The van der Waals surface area contributed by atoms with Gasteiger partial charge < -0.3 is 9.30 Å². The van der Waals surface area contributed by atoms with Crippen molar-refractivity contribution in [2.24, 2.45) is 4.99 Å². The maximum atomic E-state index is 13.0. The maximum absolute atomic E-state index is 13.0. The van der Waals surface area contributed by atoms with E-state index in [9.17, 15) is 13.2 Å². The van der Waals surface area contributed by atoms with Crippen molar-refractivity contribution in [2.45, 2.75) is 45.1 Å². The van der Waals surface area contributed by atoms with Crippen molar-refractivity contribution >= 4 is 60.7 Å². The fourth-order valence-corrected chi connectivity index (χ4v) is 6.57. The van der Waals surface area contributed by atoms with Gasteiger partial charge in [-0.15, -0.1) is 0 Å². The topological polar surface area (TPSA) is 81.0 Å². The summed E-state index contributed by atoms with van der Waals surface area (Å²) in [5.41, 5.74) is 0.988. The van der Waals surface area contributed by atoms with Gasteiger partial charge in [-0.2, -0.15) is 9.30 Å². The molecule has 35 heavy (non-hydrogen) atoms. The van der Waals surface area contributed by atoms with Crippen LogP contribution in [0.25, 0.3) is 10.2 Å². The Hall–Kier alpha value is -1.75. The van der Waals surface area contributed by atoms with E-state index in [0.717, 1.165) is 17.5 Å². The van der Waals surface area contributed by atoms with Gasteiger partial charge in [0.05, 0.1) is 31.8 Å². The lowest BCUT2D eigenvalue weighted by molar-refractivity contribution is 0.0996. The first-order valence-electron chi connectivity index (χ1n) is 11.5. The van der Waals surface area contributed by atoms with E-state index >= 15 is 0 Å². The molecule has 0 aliphatic carbocycles. The maximum Gasteiger partial charge on any atom is 0.279 e. The molecule has 0 spiro atoms. The molecule has 0 saturated heterocycles. The highest BCUT2D eigenvalue weighted by Gasteiger charge is 2.23. The van der Waals surface area contributed by atoms with Crippen LogP contribution in [0.1, 0.15) is 44.0 Å². The largest absolute Gasteiger partial charge is 0.380 e. The van der Waals surface area contributed by atoms with Gasteiger partial charge in [0.1, 0.15) is 0 Å². The zero-order chi connectivity index (χ0) is 25.6. The highest BCUT2D eigenvalue weighted by molar-refractivity contribution is 7.89. The number of amides is 1. The van der Waals surface area contributed by atoms with Gasteiger partial charge in [-0.25, -0.2) is 8.42 Å². The van der Waals surface area contributed by atoms with Crippen molar-refractivity contribution < 1.29 is 17.9 Å². The molecule has 0 saturated carbocycles. The average Bonchev–Trinajstić information content (AvgIpc) is 3.19. The molecule has 0 N–H and O–H groups in total. The number of aromatic nitrogens is 1. The second-order valence-corrected chi connectivity index (χ2v) is 11.5. The number of hydrogen-bond acceptors (Lipinski definition) is 5. The van der Waals surface area contributed by atoms with E-state index in [4.69, 9.17) is 27.9 Å². The minimum Gasteiger partial charge on any atom is -0.380 e. The number of halogens is 2. The minimum atomic E-state index is -3.62. The van der Waals surface area contributed by atoms with Crippen molar-refractivity contribution in [2.75, 3.05) is 26.3 Å². The Morgan fingerprint density at radius 2 is 1.83 bits per heavy atom. The molecule has 0 aliphatic heterocycles. The van der Waals surface area contributed by atoms with Gasteiger partial charge in [-0.3, -0.25) is 4.79 Å². The van der Waals surface area contributed by atoms with E-state index in [-0.39, 0.29) is 4.90 Å². The van der Waals surface area contributed by atoms with Crippen LogP contribution < -0.4 is 4.80 Å². The van der Waals surface area contributed by atoms with Crippen LogP contribution in [-0.2, 0) is 21.3 Å². The quantitative estimate of drug-likeness (QED) is 0.287. The Morgan fingerprint density at radius 3 is 2.46 bits per heavy atom. The molecule has 0 unspecified atom stereocenters. The van der Waals surface area contributed by atoms with Gasteiger partial charge in [-0.05, 0) is 49.7 Å². The molecule has 2 aromatic carbocycles. The lowest BCUT2D eigenvalue weighted by atomic mass is 10.2. The summed E-state index contributed by atoms with van der Waals surface area (Å²) in [7, 11) is -3.62. The second-order valence-electron chi connectivity index (χ2n) is 7.73. The Labute approximate surface area is 220 Å². The number of rotatable bonds is 11. The Morgan fingerprint density at radius 1 is 1.11 bits per heavy atom. The highest BCUT2D eigenvalue weighted by Crippen LogP contribution is 2.32. The van der Waals surface area contributed by atoms with Crippen LogP contribution in [0.15, 0.2) is 46.3 Å². The van der Waals surface area contributed by atoms with Crippen LogP contribution >= 0.6 is 34.5 Å². The molecule has 0 atom stereocenters. The molecule has 0 bridgehead atoms. The van der Waals surface area contributed by atoms with E-state index < -0.39 is 15.9 Å². The molecule has 190 valence electrons. The summed E-state index contributed by atoms with van der Waals surface area (Å²) in [5.74, 6) is -0.480. The van der Waals surface area contributed by atoms with Gasteiger partial charge >= 0.3 is 0 Å². The van der Waals surface area contributed by atoms with E-state index in [1.165, 1.54) is 39.9 Å². The molecule has 1 amide bonds. The molecule has 11 heteroatoms. The predicted molar refractivity (Wildman–Crippen MR) is 142 cm³/mol. The molecule has 0 fully saturated rings. The van der Waals surface area contributed by atoms with Crippen LogP contribution in [-0.4, -0.2) is 49.5 Å². The number of unbranched alkanes of at least 4 members (excludes halogenated alkanes) is 1. The lowest BCUT2D eigenvalue weighted by Gasteiger charge is -2.20. The molecule has 0 radical (unpaired) electrons. The van der Waals surface area contributed by atoms with Crippen LogP contribution in [0.5, 0.6) is 0 Å². The summed E-state index contributed by atoms with van der Waals surface area (Å²) in [5, 5.41) is 0.806. The van der Waals surface area contributed by atoms with Crippen LogP contribution in [0.4, 0.5) is 0 Å². The van der Waals surface area contributed by atoms with Crippen LogP contribution in [0.3, 0.4) is 0 Å². The zero-order valence-electron chi connectivity index (χ0n) is 20.0. The second kappa shape index (κ2) is 12.5. The Kier molecular flexibility index (Phi) is 9.92. The fourth-order valence-electron chi connectivity index (χ4n) is 3.55. The highest BCUT2D eigenvalue weighted by atomic mass is 35.5. The number of carbonyl (C=O) groups excluding carboxylic acids is 1. The lowest BCUT2D eigenvalue weighted by Crippen LogP contribution is -2.31. The smallest absolute Gasteiger partial charge is 0.279 e. The zero-order valence-corrected chi connectivity index (χ0v) is 23.1. The summed E-state index contributed by atoms with van der Waals surface area (Å²) in [4.78, 5) is 17.9. The average molecular weight is 559 g/mol.